The molecule has 5 heteroatoms. The second kappa shape index (κ2) is 5.72. The molecule has 1 N–H and O–H groups in total. The molecular formula is C14H10BrClFNO. The van der Waals surface area contributed by atoms with Crippen molar-refractivity contribution >= 4 is 39.1 Å². The van der Waals surface area contributed by atoms with Gasteiger partial charge in [0.2, 0.25) is 0 Å². The van der Waals surface area contributed by atoms with Crippen LogP contribution in [0.4, 0.5) is 10.1 Å². The Morgan fingerprint density at radius 1 is 1.32 bits per heavy atom. The van der Waals surface area contributed by atoms with E-state index in [9.17, 15) is 9.18 Å². The molecule has 98 valence electrons. The highest BCUT2D eigenvalue weighted by atomic mass is 79.9. The van der Waals surface area contributed by atoms with Gasteiger partial charge in [-0.3, -0.25) is 4.79 Å². The maximum absolute atomic E-state index is 12.9. The summed E-state index contributed by atoms with van der Waals surface area (Å²) in [4.78, 5) is 12.1. The van der Waals surface area contributed by atoms with Crippen LogP contribution in [0, 0.1) is 12.7 Å². The standard InChI is InChI=1S/C14H10BrClFNO/c1-8-10(3-2-4-11(8)15)14(19)18-13-6-5-9(17)7-12(13)16/h2-7H,1H3,(H,18,19). The Balaban J connectivity index is 2.28. The van der Waals surface area contributed by atoms with Crippen molar-refractivity contribution in [2.75, 3.05) is 5.32 Å². The van der Waals surface area contributed by atoms with E-state index >= 15 is 0 Å². The molecule has 0 saturated carbocycles. The number of hydrogen-bond donors (Lipinski definition) is 1. The first kappa shape index (κ1) is 14.0. The van der Waals surface area contributed by atoms with Crippen LogP contribution in [0.1, 0.15) is 15.9 Å². The summed E-state index contributed by atoms with van der Waals surface area (Å²) in [7, 11) is 0. The maximum Gasteiger partial charge on any atom is 0.256 e. The van der Waals surface area contributed by atoms with Crippen molar-refractivity contribution in [1.29, 1.82) is 0 Å². The van der Waals surface area contributed by atoms with Crippen LogP contribution < -0.4 is 5.32 Å². The minimum Gasteiger partial charge on any atom is -0.321 e. The zero-order valence-corrected chi connectivity index (χ0v) is 12.3. The number of rotatable bonds is 2. The molecule has 0 aliphatic carbocycles. The number of halogens is 3. The fourth-order valence-corrected chi connectivity index (χ4v) is 2.21. The van der Waals surface area contributed by atoms with Crippen molar-refractivity contribution in [2.24, 2.45) is 0 Å². The first-order valence-corrected chi connectivity index (χ1v) is 6.67. The summed E-state index contributed by atoms with van der Waals surface area (Å²) in [6.45, 7) is 1.84. The highest BCUT2D eigenvalue weighted by Gasteiger charge is 2.12. The minimum absolute atomic E-state index is 0.168. The first-order chi connectivity index (χ1) is 8.99. The Hall–Kier alpha value is -1.39. The summed E-state index contributed by atoms with van der Waals surface area (Å²) in [6.07, 6.45) is 0. The molecule has 2 rings (SSSR count). The predicted molar refractivity (Wildman–Crippen MR) is 78.2 cm³/mol. The largest absolute Gasteiger partial charge is 0.321 e. The molecule has 2 nitrogen and oxygen atoms in total. The Labute approximate surface area is 123 Å². The van der Waals surface area contributed by atoms with Crippen LogP contribution in [0.15, 0.2) is 40.9 Å². The molecule has 0 bridgehead atoms. The summed E-state index contributed by atoms with van der Waals surface area (Å²) < 4.78 is 13.8. The minimum atomic E-state index is -0.443. The van der Waals surface area contributed by atoms with Gasteiger partial charge in [0.1, 0.15) is 5.82 Å². The molecule has 0 fully saturated rings. The van der Waals surface area contributed by atoms with E-state index in [1.807, 2.05) is 13.0 Å². The first-order valence-electron chi connectivity index (χ1n) is 5.50. The summed E-state index contributed by atoms with van der Waals surface area (Å²) in [5.74, 6) is -0.728. The fourth-order valence-electron chi connectivity index (χ4n) is 1.63. The highest BCUT2D eigenvalue weighted by molar-refractivity contribution is 9.10. The van der Waals surface area contributed by atoms with Gasteiger partial charge in [0, 0.05) is 10.0 Å². The topological polar surface area (TPSA) is 29.1 Å². The molecule has 2 aromatic rings. The van der Waals surface area contributed by atoms with E-state index in [1.54, 1.807) is 12.1 Å². The van der Waals surface area contributed by atoms with E-state index < -0.39 is 5.82 Å². The van der Waals surface area contributed by atoms with E-state index in [0.29, 0.717) is 11.3 Å². The van der Waals surface area contributed by atoms with Gasteiger partial charge >= 0.3 is 0 Å². The van der Waals surface area contributed by atoms with Gasteiger partial charge in [0.15, 0.2) is 0 Å². The summed E-state index contributed by atoms with van der Waals surface area (Å²) in [5, 5.41) is 2.83. The van der Waals surface area contributed by atoms with E-state index in [1.165, 1.54) is 12.1 Å². The lowest BCUT2D eigenvalue weighted by Crippen LogP contribution is -2.13. The monoisotopic (exact) mass is 341 g/mol. The van der Waals surface area contributed by atoms with Crippen molar-refractivity contribution in [1.82, 2.24) is 0 Å². The van der Waals surface area contributed by atoms with Crippen LogP contribution in [0.25, 0.3) is 0 Å². The molecule has 0 atom stereocenters. The zero-order chi connectivity index (χ0) is 14.0. The number of nitrogens with one attached hydrogen (secondary N) is 1. The number of hydrogen-bond acceptors (Lipinski definition) is 1. The smallest absolute Gasteiger partial charge is 0.256 e. The van der Waals surface area contributed by atoms with Crippen molar-refractivity contribution in [2.45, 2.75) is 6.92 Å². The molecule has 0 spiro atoms. The second-order valence-corrected chi connectivity index (χ2v) is 5.25. The molecule has 0 saturated heterocycles. The van der Waals surface area contributed by atoms with Crippen LogP contribution >= 0.6 is 27.5 Å². The lowest BCUT2D eigenvalue weighted by Gasteiger charge is -2.10. The van der Waals surface area contributed by atoms with E-state index in [2.05, 4.69) is 21.2 Å². The molecule has 1 amide bonds. The van der Waals surface area contributed by atoms with Crippen LogP contribution in [0.2, 0.25) is 5.02 Å². The SMILES string of the molecule is Cc1c(Br)cccc1C(=O)Nc1ccc(F)cc1Cl. The normalized spacial score (nSPS) is 10.3. The number of carbonyl (C=O) groups is 1. The van der Waals surface area contributed by atoms with Gasteiger partial charge in [-0.25, -0.2) is 4.39 Å². The number of anilines is 1. The Bertz CT molecular complexity index is 645. The number of carbonyl (C=O) groups excluding carboxylic acids is 1. The fraction of sp³-hybridized carbons (Fsp3) is 0.0714. The Morgan fingerprint density at radius 2 is 2.05 bits per heavy atom. The lowest BCUT2D eigenvalue weighted by atomic mass is 10.1. The van der Waals surface area contributed by atoms with Gasteiger partial charge in [-0.1, -0.05) is 33.6 Å². The Kier molecular flexibility index (Phi) is 4.22. The van der Waals surface area contributed by atoms with Crippen LogP contribution in [-0.4, -0.2) is 5.91 Å². The summed E-state index contributed by atoms with van der Waals surface area (Å²) in [5.41, 5.74) is 1.75. The maximum atomic E-state index is 12.9. The summed E-state index contributed by atoms with van der Waals surface area (Å²) in [6, 6.07) is 9.19. The third kappa shape index (κ3) is 3.14. The molecule has 0 aliphatic heterocycles. The number of benzene rings is 2. The van der Waals surface area contributed by atoms with Crippen molar-refractivity contribution in [3.8, 4) is 0 Å². The molecule has 0 aromatic heterocycles. The third-order valence-corrected chi connectivity index (χ3v) is 3.86. The second-order valence-electron chi connectivity index (χ2n) is 3.99. The van der Waals surface area contributed by atoms with Gasteiger partial charge in [-0.2, -0.15) is 0 Å². The van der Waals surface area contributed by atoms with E-state index in [-0.39, 0.29) is 10.9 Å². The lowest BCUT2D eigenvalue weighted by molar-refractivity contribution is 0.102. The third-order valence-electron chi connectivity index (χ3n) is 2.69. The predicted octanol–water partition coefficient (Wildman–Crippen LogP) is 4.80. The van der Waals surface area contributed by atoms with E-state index in [0.717, 1.165) is 16.1 Å². The zero-order valence-electron chi connectivity index (χ0n) is 10.0. The number of amides is 1. The van der Waals surface area contributed by atoms with Gasteiger partial charge in [-0.05, 0) is 42.8 Å². The van der Waals surface area contributed by atoms with Crippen molar-refractivity contribution in [3.63, 3.8) is 0 Å². The summed E-state index contributed by atoms with van der Waals surface area (Å²) >= 11 is 9.24. The average Bonchev–Trinajstić information content (AvgIpc) is 2.36. The average molecular weight is 343 g/mol. The van der Waals surface area contributed by atoms with Gasteiger partial charge in [-0.15, -0.1) is 0 Å². The van der Waals surface area contributed by atoms with Crippen LogP contribution in [-0.2, 0) is 0 Å². The van der Waals surface area contributed by atoms with Crippen LogP contribution in [0.3, 0.4) is 0 Å². The van der Waals surface area contributed by atoms with Gasteiger partial charge in [0.25, 0.3) is 5.91 Å². The molecule has 2 aromatic carbocycles. The van der Waals surface area contributed by atoms with E-state index in [4.69, 9.17) is 11.6 Å². The molecule has 0 radical (unpaired) electrons. The molecule has 19 heavy (non-hydrogen) atoms. The highest BCUT2D eigenvalue weighted by Crippen LogP contribution is 2.25. The van der Waals surface area contributed by atoms with Crippen molar-refractivity contribution < 1.29 is 9.18 Å². The van der Waals surface area contributed by atoms with Crippen LogP contribution in [0.5, 0.6) is 0 Å². The molecule has 0 heterocycles. The molecule has 0 unspecified atom stereocenters. The Morgan fingerprint density at radius 3 is 2.74 bits per heavy atom. The quantitative estimate of drug-likeness (QED) is 0.834. The van der Waals surface area contributed by atoms with Gasteiger partial charge < -0.3 is 5.32 Å². The van der Waals surface area contributed by atoms with Gasteiger partial charge in [0.05, 0.1) is 10.7 Å². The molecule has 0 aliphatic rings. The molecular weight excluding hydrogens is 333 g/mol. The van der Waals surface area contributed by atoms with Crippen molar-refractivity contribution in [3.05, 3.63) is 62.8 Å².